The van der Waals surface area contributed by atoms with Crippen LogP contribution >= 0.6 is 11.6 Å². The summed E-state index contributed by atoms with van der Waals surface area (Å²) in [7, 11) is 0. The molecule has 3 rings (SSSR count). The summed E-state index contributed by atoms with van der Waals surface area (Å²) in [5.74, 6) is 0.580. The van der Waals surface area contributed by atoms with Crippen LogP contribution in [0.25, 0.3) is 0 Å². The fourth-order valence-electron chi connectivity index (χ4n) is 2.79. The monoisotopic (exact) mass is 326 g/mol. The molecular weight excluding hydrogens is 308 g/mol. The number of nitrogens with one attached hydrogen (secondary N) is 1. The van der Waals surface area contributed by atoms with Crippen LogP contribution in [0.2, 0.25) is 5.02 Å². The highest BCUT2D eigenvalue weighted by molar-refractivity contribution is 6.31. The van der Waals surface area contributed by atoms with Gasteiger partial charge in [-0.1, -0.05) is 11.6 Å². The average Bonchev–Trinajstić information content (AvgIpc) is 2.97. The van der Waals surface area contributed by atoms with Crippen LogP contribution in [0.5, 0.6) is 5.75 Å². The lowest BCUT2D eigenvalue weighted by Gasteiger charge is -2.33. The second kappa shape index (κ2) is 6.32. The van der Waals surface area contributed by atoms with Crippen LogP contribution in [0, 0.1) is 0 Å². The number of nitrogens with zero attached hydrogens (tertiary/aromatic N) is 1. The first kappa shape index (κ1) is 15.4. The van der Waals surface area contributed by atoms with Gasteiger partial charge in [-0.3, -0.25) is 4.79 Å². The van der Waals surface area contributed by atoms with Crippen molar-refractivity contribution in [1.29, 1.82) is 0 Å². The average molecular weight is 327 g/mol. The third-order valence-corrected chi connectivity index (χ3v) is 4.26. The van der Waals surface area contributed by atoms with Crippen LogP contribution in [-0.2, 0) is 9.53 Å². The topological polar surface area (TPSA) is 71.0 Å². The van der Waals surface area contributed by atoms with Gasteiger partial charge in [-0.05, 0) is 24.6 Å². The van der Waals surface area contributed by atoms with Gasteiger partial charge < -0.3 is 24.8 Å². The van der Waals surface area contributed by atoms with Crippen molar-refractivity contribution in [3.63, 3.8) is 0 Å². The summed E-state index contributed by atoms with van der Waals surface area (Å²) in [6, 6.07) is 5.37. The zero-order chi connectivity index (χ0) is 15.6. The van der Waals surface area contributed by atoms with E-state index in [1.165, 1.54) is 0 Å². The van der Waals surface area contributed by atoms with Crippen LogP contribution < -0.4 is 15.0 Å². The Morgan fingerprint density at radius 2 is 2.32 bits per heavy atom. The number of halogens is 1. The van der Waals surface area contributed by atoms with Crippen molar-refractivity contribution in [1.82, 2.24) is 5.32 Å². The van der Waals surface area contributed by atoms with Gasteiger partial charge in [-0.25, -0.2) is 0 Å². The summed E-state index contributed by atoms with van der Waals surface area (Å²) in [5, 5.41) is 13.0. The molecule has 0 spiro atoms. The Balaban J connectivity index is 1.69. The molecule has 6 nitrogen and oxygen atoms in total. The van der Waals surface area contributed by atoms with Crippen molar-refractivity contribution in [2.75, 3.05) is 44.4 Å². The summed E-state index contributed by atoms with van der Waals surface area (Å²) in [6.07, 6.45) is 0.626. The molecule has 0 unspecified atom stereocenters. The Labute approximate surface area is 134 Å². The molecule has 0 saturated carbocycles. The van der Waals surface area contributed by atoms with E-state index >= 15 is 0 Å². The zero-order valence-corrected chi connectivity index (χ0v) is 12.9. The second-order valence-corrected chi connectivity index (χ2v) is 6.11. The predicted octanol–water partition coefficient (Wildman–Crippen LogP) is 0.806. The van der Waals surface area contributed by atoms with E-state index in [1.807, 2.05) is 11.0 Å². The summed E-state index contributed by atoms with van der Waals surface area (Å²) >= 11 is 6.03. The molecule has 1 amide bonds. The maximum absolute atomic E-state index is 12.3. The van der Waals surface area contributed by atoms with E-state index in [0.717, 1.165) is 11.4 Å². The SMILES string of the molecule is O=C(CN1CCOc2ccc(Cl)cc21)N[C@@]1(CO)CCOC1. The molecule has 0 radical (unpaired) electrons. The number of hydrogen-bond acceptors (Lipinski definition) is 5. The van der Waals surface area contributed by atoms with Crippen LogP contribution in [0.15, 0.2) is 18.2 Å². The zero-order valence-electron chi connectivity index (χ0n) is 12.2. The molecule has 120 valence electrons. The molecule has 2 aliphatic rings. The van der Waals surface area contributed by atoms with E-state index in [4.69, 9.17) is 21.1 Å². The highest BCUT2D eigenvalue weighted by atomic mass is 35.5. The fraction of sp³-hybridized carbons (Fsp3) is 0.533. The van der Waals surface area contributed by atoms with Gasteiger partial charge in [0, 0.05) is 11.6 Å². The number of carbonyl (C=O) groups excluding carboxylic acids is 1. The van der Waals surface area contributed by atoms with Gasteiger partial charge in [0.25, 0.3) is 0 Å². The molecule has 1 aromatic carbocycles. The molecule has 1 fully saturated rings. The summed E-state index contributed by atoms with van der Waals surface area (Å²) < 4.78 is 10.9. The van der Waals surface area contributed by atoms with Crippen molar-refractivity contribution < 1.29 is 19.4 Å². The van der Waals surface area contributed by atoms with Crippen molar-refractivity contribution in [3.05, 3.63) is 23.2 Å². The Hall–Kier alpha value is -1.50. The molecule has 2 aliphatic heterocycles. The fourth-order valence-corrected chi connectivity index (χ4v) is 2.96. The van der Waals surface area contributed by atoms with Crippen molar-refractivity contribution in [2.45, 2.75) is 12.0 Å². The number of ether oxygens (including phenoxy) is 2. The minimum Gasteiger partial charge on any atom is -0.490 e. The minimum atomic E-state index is -0.652. The van der Waals surface area contributed by atoms with Gasteiger partial charge in [0.05, 0.1) is 37.5 Å². The smallest absolute Gasteiger partial charge is 0.240 e. The van der Waals surface area contributed by atoms with Gasteiger partial charge >= 0.3 is 0 Å². The molecule has 2 N–H and O–H groups in total. The molecule has 22 heavy (non-hydrogen) atoms. The first-order chi connectivity index (χ1) is 10.6. The molecular formula is C15H19ClN2O4. The normalized spacial score (nSPS) is 23.8. The van der Waals surface area contributed by atoms with E-state index in [1.54, 1.807) is 12.1 Å². The largest absolute Gasteiger partial charge is 0.490 e. The lowest BCUT2D eigenvalue weighted by atomic mass is 10.00. The highest BCUT2D eigenvalue weighted by Crippen LogP contribution is 2.33. The lowest BCUT2D eigenvalue weighted by Crippen LogP contribution is -2.55. The molecule has 7 heteroatoms. The third-order valence-electron chi connectivity index (χ3n) is 4.03. The molecule has 2 heterocycles. The molecule has 1 saturated heterocycles. The number of anilines is 1. The van der Waals surface area contributed by atoms with E-state index in [9.17, 15) is 9.90 Å². The Kier molecular flexibility index (Phi) is 4.42. The third kappa shape index (κ3) is 3.14. The standard InChI is InChI=1S/C15H19ClN2O4/c16-11-1-2-13-12(7-11)18(4-6-22-13)8-14(20)17-15(9-19)3-5-21-10-15/h1-2,7,19H,3-6,8-10H2,(H,17,20)/t15-/m1/s1. The first-order valence-corrected chi connectivity index (χ1v) is 7.67. The van der Waals surface area contributed by atoms with Gasteiger partial charge in [0.1, 0.15) is 12.4 Å². The quantitative estimate of drug-likeness (QED) is 0.856. The van der Waals surface area contributed by atoms with E-state index in [2.05, 4.69) is 5.32 Å². The number of benzene rings is 1. The number of fused-ring (bicyclic) bond motifs is 1. The van der Waals surface area contributed by atoms with Gasteiger partial charge in [-0.15, -0.1) is 0 Å². The lowest BCUT2D eigenvalue weighted by molar-refractivity contribution is -0.122. The Morgan fingerprint density at radius 1 is 1.45 bits per heavy atom. The summed E-state index contributed by atoms with van der Waals surface area (Å²) in [4.78, 5) is 14.3. The van der Waals surface area contributed by atoms with Crippen LogP contribution in [-0.4, -0.2) is 56.1 Å². The Bertz CT molecular complexity index is 560. The van der Waals surface area contributed by atoms with Crippen LogP contribution in [0.4, 0.5) is 5.69 Å². The number of aliphatic hydroxyl groups is 1. The predicted molar refractivity (Wildman–Crippen MR) is 82.6 cm³/mol. The van der Waals surface area contributed by atoms with E-state index in [-0.39, 0.29) is 19.1 Å². The maximum Gasteiger partial charge on any atom is 0.240 e. The highest BCUT2D eigenvalue weighted by Gasteiger charge is 2.36. The summed E-state index contributed by atoms with van der Waals surface area (Å²) in [6.45, 7) is 2.11. The number of carbonyl (C=O) groups is 1. The maximum atomic E-state index is 12.3. The van der Waals surface area contributed by atoms with Crippen molar-refractivity contribution in [2.24, 2.45) is 0 Å². The van der Waals surface area contributed by atoms with Gasteiger partial charge in [0.2, 0.25) is 5.91 Å². The molecule has 0 aromatic heterocycles. The number of aliphatic hydroxyl groups excluding tert-OH is 1. The van der Waals surface area contributed by atoms with Crippen LogP contribution in [0.3, 0.4) is 0 Å². The minimum absolute atomic E-state index is 0.121. The summed E-state index contributed by atoms with van der Waals surface area (Å²) in [5.41, 5.74) is 0.162. The number of amides is 1. The Morgan fingerprint density at radius 3 is 3.05 bits per heavy atom. The molecule has 0 aliphatic carbocycles. The second-order valence-electron chi connectivity index (χ2n) is 5.67. The first-order valence-electron chi connectivity index (χ1n) is 7.29. The molecule has 1 atom stereocenters. The van der Waals surface area contributed by atoms with Crippen molar-refractivity contribution >= 4 is 23.2 Å². The van der Waals surface area contributed by atoms with Gasteiger partial charge in [0.15, 0.2) is 0 Å². The van der Waals surface area contributed by atoms with Gasteiger partial charge in [-0.2, -0.15) is 0 Å². The number of rotatable bonds is 4. The van der Waals surface area contributed by atoms with Crippen molar-refractivity contribution in [3.8, 4) is 5.75 Å². The molecule has 1 aromatic rings. The van der Waals surface area contributed by atoms with Crippen LogP contribution in [0.1, 0.15) is 6.42 Å². The van der Waals surface area contributed by atoms with E-state index in [0.29, 0.717) is 37.8 Å². The molecule has 0 bridgehead atoms. The van der Waals surface area contributed by atoms with E-state index < -0.39 is 5.54 Å². The number of hydrogen-bond donors (Lipinski definition) is 2.